The Morgan fingerprint density at radius 3 is 0.364 bits per heavy atom. The summed E-state index contributed by atoms with van der Waals surface area (Å²) in [6, 6.07) is 0. The van der Waals surface area contributed by atoms with Crippen LogP contribution in [0.2, 0.25) is 0 Å². The minimum atomic E-state index is -1.75. The molecule has 0 radical (unpaired) electrons. The molecule has 0 amide bonds. The Balaban J connectivity index is -0.0000000250. The van der Waals surface area contributed by atoms with Crippen LogP contribution < -0.4 is 0 Å². The fourth-order valence-electron chi connectivity index (χ4n) is 0. The van der Waals surface area contributed by atoms with Gasteiger partial charge in [-0.25, -0.2) is 0 Å². The van der Waals surface area contributed by atoms with E-state index in [0.29, 0.717) is 0 Å². The van der Waals surface area contributed by atoms with E-state index in [-0.39, 0.29) is 24.0 Å². The molecule has 0 unspecified atom stereocenters. The van der Waals surface area contributed by atoms with Crippen molar-refractivity contribution < 1.29 is 49.5 Å². The molecule has 0 aromatic rings. The van der Waals surface area contributed by atoms with Crippen LogP contribution >= 0.6 is 0 Å². The maximum Gasteiger partial charge on any atom is 5.00 e. The van der Waals surface area contributed by atoms with Crippen LogP contribution in [0.3, 0.4) is 0 Å². The fourth-order valence-corrected chi connectivity index (χ4v) is 0. The van der Waals surface area contributed by atoms with Gasteiger partial charge in [-0.15, -0.1) is 0 Å². The Morgan fingerprint density at radius 2 is 0.364 bits per heavy atom. The van der Waals surface area contributed by atoms with Crippen molar-refractivity contribution in [3.8, 4) is 0 Å². The molecular weight excluding hydrogens is 377 g/mol. The predicted octanol–water partition coefficient (Wildman–Crippen LogP) is -2.02. The number of hydrogen-bond acceptors (Lipinski definition) is 15. The summed E-state index contributed by atoms with van der Waals surface area (Å²) in [5.74, 6) is 0. The van der Waals surface area contributed by atoms with E-state index >= 15 is 0 Å². The van der Waals surface area contributed by atoms with E-state index in [4.69, 9.17) is 76.6 Å². The molecule has 0 atom stereocenters. The average molecular weight is 379 g/mol. The minimum absolute atomic E-state index is 0. The molecule has 22 heteroatoms. The van der Waals surface area contributed by atoms with Gasteiger partial charge < -0.3 is 82.1 Å². The average Bonchev–Trinajstić information content (AvgIpc) is 1.94. The predicted molar refractivity (Wildman–Crippen MR) is 55.4 cm³/mol. The molecule has 0 rings (SSSR count). The third-order valence-corrected chi connectivity index (χ3v) is 0. The van der Waals surface area contributed by atoms with Crippen LogP contribution in [0.15, 0.2) is 0 Å². The minimum Gasteiger partial charge on any atom is -0.412 e. The molecule has 2 N–H and O–H groups in total. The second-order valence-electron chi connectivity index (χ2n) is 1.12. The topological polar surface area (TPSA) is 362 Å². The van der Waals surface area contributed by atoms with Crippen molar-refractivity contribution in [2.24, 2.45) is 0 Å². The first-order chi connectivity index (χ1) is 8.66. The monoisotopic (exact) mass is 379 g/mol. The summed E-state index contributed by atoms with van der Waals surface area (Å²) in [7, 11) is 0. The second kappa shape index (κ2) is 36.0. The van der Waals surface area contributed by atoms with E-state index in [9.17, 15) is 0 Å². The van der Waals surface area contributed by atoms with Gasteiger partial charge in [-0.1, -0.05) is 0 Å². The molecular formula is H2N5O16V. The van der Waals surface area contributed by atoms with Gasteiger partial charge in [0.25, 0.3) is 0 Å². The number of hydrogen-bond donors (Lipinski definition) is 0. The zero-order chi connectivity index (χ0) is 17.9. The third-order valence-electron chi connectivity index (χ3n) is 0. The second-order valence-corrected chi connectivity index (χ2v) is 1.12. The normalized spacial score (nSPS) is 5.45. The van der Waals surface area contributed by atoms with Crippen LogP contribution in [-0.4, -0.2) is 30.9 Å². The Morgan fingerprint density at radius 1 is 0.364 bits per heavy atom. The molecule has 0 bridgehead atoms. The molecule has 0 saturated heterocycles. The van der Waals surface area contributed by atoms with Gasteiger partial charge >= 0.3 is 18.6 Å². The van der Waals surface area contributed by atoms with Gasteiger partial charge in [0.2, 0.25) is 0 Å². The van der Waals surface area contributed by atoms with Crippen LogP contribution in [0.5, 0.6) is 0 Å². The summed E-state index contributed by atoms with van der Waals surface area (Å²) in [4.78, 5) is 41.2. The molecule has 0 spiro atoms. The van der Waals surface area contributed by atoms with Gasteiger partial charge in [-0.05, 0) is 0 Å². The molecule has 0 heterocycles. The molecule has 0 aliphatic heterocycles. The van der Waals surface area contributed by atoms with Gasteiger partial charge in [-0.2, -0.15) is 0 Å². The van der Waals surface area contributed by atoms with E-state index in [2.05, 4.69) is 0 Å². The van der Waals surface area contributed by atoms with Gasteiger partial charge in [0.1, 0.15) is 0 Å². The molecule has 21 nitrogen and oxygen atoms in total. The van der Waals surface area contributed by atoms with Crippen molar-refractivity contribution in [2.45, 2.75) is 0 Å². The third kappa shape index (κ3) is 335. The molecule has 128 valence electrons. The van der Waals surface area contributed by atoms with Crippen molar-refractivity contribution in [1.82, 2.24) is 0 Å². The van der Waals surface area contributed by atoms with E-state index in [0.717, 1.165) is 0 Å². The quantitative estimate of drug-likeness (QED) is 0.323. The van der Waals surface area contributed by atoms with Crippen LogP contribution in [0.4, 0.5) is 0 Å². The Bertz CT molecular complexity index is 207. The molecule has 0 aromatic carbocycles. The summed E-state index contributed by atoms with van der Waals surface area (Å²) < 4.78 is 0. The van der Waals surface area contributed by atoms with Crippen LogP contribution in [0.1, 0.15) is 0 Å². The van der Waals surface area contributed by atoms with E-state index in [1.807, 2.05) is 0 Å². The van der Waals surface area contributed by atoms with Crippen molar-refractivity contribution >= 4 is 0 Å². The number of nitrogens with zero attached hydrogens (tertiary/aromatic N) is 5. The summed E-state index contributed by atoms with van der Waals surface area (Å²) in [6.45, 7) is 0. The Hall–Kier alpha value is -3.46. The van der Waals surface area contributed by atoms with Gasteiger partial charge in [-0.3, -0.25) is 0 Å². The molecule has 0 fully saturated rings. The van der Waals surface area contributed by atoms with Gasteiger partial charge in [0.15, 0.2) is 0 Å². The largest absolute Gasteiger partial charge is 5.00 e. The van der Waals surface area contributed by atoms with E-state index in [1.54, 1.807) is 0 Å². The first-order valence-corrected chi connectivity index (χ1v) is 2.74. The molecule has 0 aliphatic carbocycles. The van der Waals surface area contributed by atoms with Gasteiger partial charge in [0, 0.05) is 0 Å². The van der Waals surface area contributed by atoms with Crippen molar-refractivity contribution in [3.63, 3.8) is 0 Å². The molecule has 0 aromatic heterocycles. The summed E-state index contributed by atoms with van der Waals surface area (Å²) in [5, 5.41) is 73.8. The fraction of sp³-hybridized carbons (Fsp3) is 0. The van der Waals surface area contributed by atoms with E-state index in [1.165, 1.54) is 0 Å². The van der Waals surface area contributed by atoms with Gasteiger partial charge in [0.05, 0.1) is 25.4 Å². The van der Waals surface area contributed by atoms with Crippen LogP contribution in [-0.2, 0) is 18.6 Å². The Kier molecular flexibility index (Phi) is 70.1. The van der Waals surface area contributed by atoms with Crippen LogP contribution in [0.25, 0.3) is 0 Å². The maximum atomic E-state index is 8.25. The molecule has 0 aliphatic rings. The zero-order valence-corrected chi connectivity index (χ0v) is 10.7. The van der Waals surface area contributed by atoms with Crippen LogP contribution in [0, 0.1) is 76.6 Å². The first-order valence-electron chi connectivity index (χ1n) is 2.74. The number of rotatable bonds is 0. The summed E-state index contributed by atoms with van der Waals surface area (Å²) in [5.41, 5.74) is 0. The summed E-state index contributed by atoms with van der Waals surface area (Å²) in [6.07, 6.45) is 0. The Labute approximate surface area is 127 Å². The SMILES string of the molecule is O.O=[N+]([O-])[O-].O=[N+]([O-])[O-].O=[N+]([O-])[O-].O=[N+]([O-])[O-].O=[N+]([O-])[O-].[V+5]. The molecule has 22 heavy (non-hydrogen) atoms. The summed E-state index contributed by atoms with van der Waals surface area (Å²) >= 11 is 0. The van der Waals surface area contributed by atoms with Crippen molar-refractivity contribution in [3.05, 3.63) is 76.6 Å². The smallest absolute Gasteiger partial charge is 0.412 e. The van der Waals surface area contributed by atoms with Crippen molar-refractivity contribution in [2.75, 3.05) is 0 Å². The van der Waals surface area contributed by atoms with Crippen molar-refractivity contribution in [1.29, 1.82) is 0 Å². The zero-order valence-electron chi connectivity index (χ0n) is 9.31. The first kappa shape index (κ1) is 42.8. The standard InChI is InChI=1S/5NO3.H2O.V/c5*2-1(3)4;;/h;;;;;1H2;/q5*-1;;+5. The molecule has 0 saturated carbocycles. The maximum absolute atomic E-state index is 8.25. The van der Waals surface area contributed by atoms with E-state index < -0.39 is 25.4 Å².